The smallest absolute Gasteiger partial charge is 0.240 e. The fourth-order valence-corrected chi connectivity index (χ4v) is 5.37. The molecular weight excluding hydrogens is 571 g/mol. The lowest BCUT2D eigenvalue weighted by molar-refractivity contribution is 0.492. The zero-order chi connectivity index (χ0) is 28.3. The van der Waals surface area contributed by atoms with Gasteiger partial charge in [0.25, 0.3) is 0 Å². The first-order valence-electron chi connectivity index (χ1n) is 11.8. The molecule has 0 bridgehead atoms. The average Bonchev–Trinajstić information content (AvgIpc) is 2.86. The summed E-state index contributed by atoms with van der Waals surface area (Å²) in [5.74, 6) is 1.52. The third-order valence-corrected chi connectivity index (χ3v) is 9.07. The SMILES string of the molecule is CC(=NCCN=C(C)N(C)CCNS(=O)(=O)c1ccc(Cl)cc1)N(C)CCNS(=O)(=O)c1ccc(Cl)cc1. The summed E-state index contributed by atoms with van der Waals surface area (Å²) in [4.78, 5) is 13.0. The number of halogens is 2. The van der Waals surface area contributed by atoms with Gasteiger partial charge in [0, 0.05) is 50.3 Å². The van der Waals surface area contributed by atoms with Crippen molar-refractivity contribution >= 4 is 54.9 Å². The molecule has 10 nitrogen and oxygen atoms in total. The van der Waals surface area contributed by atoms with Crippen molar-refractivity contribution in [3.63, 3.8) is 0 Å². The van der Waals surface area contributed by atoms with Crippen molar-refractivity contribution in [2.75, 3.05) is 53.4 Å². The fourth-order valence-electron chi connectivity index (χ4n) is 3.08. The lowest BCUT2D eigenvalue weighted by Crippen LogP contribution is -2.35. The van der Waals surface area contributed by atoms with E-state index in [1.165, 1.54) is 48.5 Å². The zero-order valence-corrected chi connectivity index (χ0v) is 25.0. The molecule has 0 radical (unpaired) electrons. The molecule has 0 aliphatic rings. The Kier molecular flexibility index (Phi) is 12.5. The van der Waals surface area contributed by atoms with Crippen LogP contribution >= 0.6 is 23.2 Å². The van der Waals surface area contributed by atoms with Gasteiger partial charge < -0.3 is 9.80 Å². The first-order chi connectivity index (χ1) is 17.8. The number of benzene rings is 2. The summed E-state index contributed by atoms with van der Waals surface area (Å²) in [7, 11) is -3.54. The summed E-state index contributed by atoms with van der Waals surface area (Å²) in [6.45, 7) is 5.95. The van der Waals surface area contributed by atoms with E-state index in [1.807, 2.05) is 37.7 Å². The number of amidine groups is 2. The summed E-state index contributed by atoms with van der Waals surface area (Å²) < 4.78 is 54.6. The first-order valence-corrected chi connectivity index (χ1v) is 15.5. The van der Waals surface area contributed by atoms with Crippen LogP contribution in [0.25, 0.3) is 0 Å². The van der Waals surface area contributed by atoms with E-state index < -0.39 is 20.0 Å². The molecule has 0 aliphatic carbocycles. The third kappa shape index (κ3) is 10.5. The van der Waals surface area contributed by atoms with Gasteiger partial charge in [0.1, 0.15) is 0 Å². The van der Waals surface area contributed by atoms with E-state index in [4.69, 9.17) is 23.2 Å². The molecule has 2 aromatic carbocycles. The predicted octanol–water partition coefficient (Wildman–Crippen LogP) is 2.95. The normalized spacial score (nSPS) is 13.0. The van der Waals surface area contributed by atoms with Gasteiger partial charge >= 0.3 is 0 Å². The van der Waals surface area contributed by atoms with Crippen molar-refractivity contribution in [2.24, 2.45) is 9.98 Å². The maximum Gasteiger partial charge on any atom is 0.240 e. The topological polar surface area (TPSA) is 124 Å². The molecular formula is C24H34Cl2N6O4S2. The van der Waals surface area contributed by atoms with E-state index in [0.29, 0.717) is 36.2 Å². The third-order valence-electron chi connectivity index (χ3n) is 5.61. The van der Waals surface area contributed by atoms with Crippen LogP contribution in [0.15, 0.2) is 68.3 Å². The van der Waals surface area contributed by atoms with Crippen LogP contribution in [0.2, 0.25) is 10.0 Å². The summed E-state index contributed by atoms with van der Waals surface area (Å²) in [5, 5.41) is 0.943. The summed E-state index contributed by atoms with van der Waals surface area (Å²) in [5.41, 5.74) is 0. The van der Waals surface area contributed by atoms with Crippen molar-refractivity contribution < 1.29 is 16.8 Å². The van der Waals surface area contributed by atoms with Gasteiger partial charge in [-0.3, -0.25) is 9.98 Å². The molecule has 38 heavy (non-hydrogen) atoms. The molecule has 14 heteroatoms. The Morgan fingerprint density at radius 3 is 1.32 bits per heavy atom. The highest BCUT2D eigenvalue weighted by molar-refractivity contribution is 7.89. The number of likely N-dealkylation sites (N-methyl/N-ethyl adjacent to an activating group) is 2. The second-order valence-electron chi connectivity index (χ2n) is 8.40. The van der Waals surface area contributed by atoms with Gasteiger partial charge in [-0.05, 0) is 62.4 Å². The van der Waals surface area contributed by atoms with Gasteiger partial charge in [-0.2, -0.15) is 0 Å². The molecule has 210 valence electrons. The largest absolute Gasteiger partial charge is 0.362 e. The van der Waals surface area contributed by atoms with E-state index in [1.54, 1.807) is 0 Å². The van der Waals surface area contributed by atoms with Crippen LogP contribution in [0, 0.1) is 0 Å². The fraction of sp³-hybridized carbons (Fsp3) is 0.417. The summed E-state index contributed by atoms with van der Waals surface area (Å²) in [6.07, 6.45) is 0. The van der Waals surface area contributed by atoms with E-state index in [9.17, 15) is 16.8 Å². The molecule has 0 unspecified atom stereocenters. The monoisotopic (exact) mass is 604 g/mol. The van der Waals surface area contributed by atoms with Crippen molar-refractivity contribution in [1.29, 1.82) is 0 Å². The Morgan fingerprint density at radius 1 is 0.684 bits per heavy atom. The summed E-state index contributed by atoms with van der Waals surface area (Å²) in [6, 6.07) is 12.0. The molecule has 0 aromatic heterocycles. The van der Waals surface area contributed by atoms with Gasteiger partial charge in [-0.15, -0.1) is 0 Å². The number of aliphatic imine (C=N–C) groups is 2. The Hall–Kier alpha value is -2.22. The summed E-state index contributed by atoms with van der Waals surface area (Å²) >= 11 is 11.6. The predicted molar refractivity (Wildman–Crippen MR) is 154 cm³/mol. The minimum atomic E-state index is -3.61. The molecule has 0 atom stereocenters. The van der Waals surface area contributed by atoms with E-state index >= 15 is 0 Å². The van der Waals surface area contributed by atoms with Crippen LogP contribution in [0.1, 0.15) is 13.8 Å². The first kappa shape index (κ1) is 32.0. The molecule has 0 amide bonds. The number of nitrogens with one attached hydrogen (secondary N) is 2. The Morgan fingerprint density at radius 2 is 1.00 bits per heavy atom. The van der Waals surface area contributed by atoms with Crippen LogP contribution in [0.3, 0.4) is 0 Å². The molecule has 0 spiro atoms. The molecule has 0 saturated heterocycles. The van der Waals surface area contributed by atoms with Crippen LogP contribution in [-0.2, 0) is 20.0 Å². The Labute approximate surface area is 235 Å². The van der Waals surface area contributed by atoms with Crippen LogP contribution in [-0.4, -0.2) is 91.7 Å². The molecule has 2 rings (SSSR count). The highest BCUT2D eigenvalue weighted by atomic mass is 35.5. The van der Waals surface area contributed by atoms with E-state index in [2.05, 4.69) is 19.4 Å². The van der Waals surface area contributed by atoms with Crippen molar-refractivity contribution in [2.45, 2.75) is 23.6 Å². The molecule has 2 N–H and O–H groups in total. The van der Waals surface area contributed by atoms with Gasteiger partial charge in [-0.1, -0.05) is 23.2 Å². The van der Waals surface area contributed by atoms with Gasteiger partial charge in [0.05, 0.1) is 34.6 Å². The molecule has 0 heterocycles. The van der Waals surface area contributed by atoms with Crippen molar-refractivity contribution in [3.05, 3.63) is 58.6 Å². The minimum absolute atomic E-state index is 0.159. The van der Waals surface area contributed by atoms with E-state index in [-0.39, 0.29) is 22.9 Å². The maximum absolute atomic E-state index is 12.4. The Balaban J connectivity index is 1.72. The van der Waals surface area contributed by atoms with Crippen molar-refractivity contribution in [1.82, 2.24) is 19.2 Å². The number of rotatable bonds is 13. The van der Waals surface area contributed by atoms with Gasteiger partial charge in [-0.25, -0.2) is 26.3 Å². The second kappa shape index (κ2) is 14.8. The number of hydrogen-bond acceptors (Lipinski definition) is 6. The number of hydrogen-bond donors (Lipinski definition) is 2. The Bertz CT molecular complexity index is 1210. The van der Waals surface area contributed by atoms with Crippen molar-refractivity contribution in [3.8, 4) is 0 Å². The molecule has 0 fully saturated rings. The average molecular weight is 606 g/mol. The second-order valence-corrected chi connectivity index (χ2v) is 12.8. The lowest BCUT2D eigenvalue weighted by Gasteiger charge is -2.20. The highest BCUT2D eigenvalue weighted by Gasteiger charge is 2.14. The maximum atomic E-state index is 12.4. The van der Waals surface area contributed by atoms with Crippen LogP contribution in [0.5, 0.6) is 0 Å². The van der Waals surface area contributed by atoms with E-state index in [0.717, 1.165) is 11.7 Å². The van der Waals surface area contributed by atoms with Gasteiger partial charge in [0.2, 0.25) is 20.0 Å². The lowest BCUT2D eigenvalue weighted by atomic mass is 10.4. The van der Waals surface area contributed by atoms with Gasteiger partial charge in [0.15, 0.2) is 0 Å². The van der Waals surface area contributed by atoms with Crippen LogP contribution < -0.4 is 9.44 Å². The number of nitrogens with zero attached hydrogens (tertiary/aromatic N) is 4. The minimum Gasteiger partial charge on any atom is -0.362 e. The highest BCUT2D eigenvalue weighted by Crippen LogP contribution is 2.14. The molecule has 0 aliphatic heterocycles. The molecule has 2 aromatic rings. The molecule has 0 saturated carbocycles. The quantitative estimate of drug-likeness (QED) is 0.206. The number of sulfonamides is 2. The van der Waals surface area contributed by atoms with Crippen LogP contribution in [0.4, 0.5) is 0 Å². The zero-order valence-electron chi connectivity index (χ0n) is 21.9. The standard InChI is InChI=1S/C24H34Cl2N6O4S2/c1-19(31(3)17-15-29-37(33,34)23-9-5-21(25)6-10-23)27-13-14-28-20(2)32(4)18-16-30-38(35,36)24-11-7-22(26)8-12-24/h5-12,29-30H,13-18H2,1-4H3.